The van der Waals surface area contributed by atoms with E-state index in [1.165, 1.54) is 0 Å². The van der Waals surface area contributed by atoms with Crippen molar-refractivity contribution in [3.8, 4) is 0 Å². The average molecular weight is 413 g/mol. The Morgan fingerprint density at radius 3 is 2.55 bits per heavy atom. The summed E-state index contributed by atoms with van der Waals surface area (Å²) in [6.07, 6.45) is 2.18. The van der Waals surface area contributed by atoms with E-state index < -0.39 is 5.54 Å². The molecule has 2 aromatic carbocycles. The van der Waals surface area contributed by atoms with Crippen molar-refractivity contribution in [2.24, 2.45) is 5.92 Å². The zero-order valence-corrected chi connectivity index (χ0v) is 18.1. The van der Waals surface area contributed by atoms with Crippen LogP contribution in [-0.4, -0.2) is 28.8 Å². The highest BCUT2D eigenvalue weighted by Crippen LogP contribution is 2.32. The number of amides is 2. The molecule has 0 aliphatic carbocycles. The van der Waals surface area contributed by atoms with Crippen LogP contribution in [0.15, 0.2) is 48.5 Å². The molecule has 3 rings (SSSR count). The van der Waals surface area contributed by atoms with Crippen molar-refractivity contribution in [3.63, 3.8) is 0 Å². The number of carbonyl (C=O) groups is 2. The van der Waals surface area contributed by atoms with Gasteiger partial charge in [0.2, 0.25) is 5.91 Å². The van der Waals surface area contributed by atoms with E-state index in [4.69, 9.17) is 11.6 Å². The molecule has 1 N–H and O–H groups in total. The third kappa shape index (κ3) is 4.81. The second-order valence-corrected chi connectivity index (χ2v) is 8.82. The Morgan fingerprint density at radius 1 is 1.17 bits per heavy atom. The fourth-order valence-electron chi connectivity index (χ4n) is 3.75. The molecule has 0 saturated carbocycles. The van der Waals surface area contributed by atoms with Crippen LogP contribution in [0.5, 0.6) is 0 Å². The number of carbonyl (C=O) groups excluding carboxylic acids is 2. The average Bonchev–Trinajstić information content (AvgIpc) is 2.80. The molecule has 0 fully saturated rings. The second-order valence-electron chi connectivity index (χ2n) is 8.39. The van der Waals surface area contributed by atoms with Gasteiger partial charge in [-0.15, -0.1) is 0 Å². The van der Waals surface area contributed by atoms with E-state index in [0.717, 1.165) is 17.5 Å². The minimum Gasteiger partial charge on any atom is -0.354 e. The van der Waals surface area contributed by atoms with Crippen molar-refractivity contribution >= 4 is 23.4 Å². The van der Waals surface area contributed by atoms with Crippen molar-refractivity contribution in [2.75, 3.05) is 6.54 Å². The second kappa shape index (κ2) is 9.00. The Balaban J connectivity index is 1.94. The maximum Gasteiger partial charge on any atom is 0.255 e. The molecule has 2 aromatic rings. The van der Waals surface area contributed by atoms with Gasteiger partial charge in [0, 0.05) is 23.7 Å². The zero-order chi connectivity index (χ0) is 21.0. The van der Waals surface area contributed by atoms with Gasteiger partial charge in [0.05, 0.1) is 0 Å². The largest absolute Gasteiger partial charge is 0.354 e. The number of nitrogens with zero attached hydrogens (tertiary/aromatic N) is 1. The zero-order valence-electron chi connectivity index (χ0n) is 17.4. The molecule has 0 bridgehead atoms. The number of rotatable bonds is 6. The fourth-order valence-corrected chi connectivity index (χ4v) is 3.88. The summed E-state index contributed by atoms with van der Waals surface area (Å²) in [5.74, 6) is 0.316. The SMILES string of the molecule is CC(C)CCNC(=O)[C@@]1(C)CCc2ccccc2C(=O)N1Cc1ccc(Cl)cc1. The Kier molecular flexibility index (Phi) is 6.63. The van der Waals surface area contributed by atoms with Crippen LogP contribution in [0, 0.1) is 5.92 Å². The van der Waals surface area contributed by atoms with Gasteiger partial charge in [0.25, 0.3) is 5.91 Å². The topological polar surface area (TPSA) is 49.4 Å². The highest BCUT2D eigenvalue weighted by molar-refractivity contribution is 6.30. The van der Waals surface area contributed by atoms with Crippen molar-refractivity contribution in [1.29, 1.82) is 0 Å². The third-order valence-corrected chi connectivity index (χ3v) is 5.97. The molecule has 1 atom stereocenters. The first-order valence-electron chi connectivity index (χ1n) is 10.2. The number of nitrogens with one attached hydrogen (secondary N) is 1. The molecule has 1 aliphatic rings. The summed E-state index contributed by atoms with van der Waals surface area (Å²) in [5.41, 5.74) is 1.70. The summed E-state index contributed by atoms with van der Waals surface area (Å²) in [5, 5.41) is 3.72. The van der Waals surface area contributed by atoms with Crippen LogP contribution in [-0.2, 0) is 17.8 Å². The summed E-state index contributed by atoms with van der Waals surface area (Å²) in [7, 11) is 0. The first-order valence-corrected chi connectivity index (χ1v) is 10.6. The van der Waals surface area contributed by atoms with Gasteiger partial charge in [-0.3, -0.25) is 9.59 Å². The van der Waals surface area contributed by atoms with Gasteiger partial charge >= 0.3 is 0 Å². The van der Waals surface area contributed by atoms with E-state index >= 15 is 0 Å². The molecule has 0 aromatic heterocycles. The van der Waals surface area contributed by atoms with Crippen molar-refractivity contribution < 1.29 is 9.59 Å². The Bertz CT molecular complexity index is 879. The number of hydrogen-bond donors (Lipinski definition) is 1. The Labute approximate surface area is 178 Å². The number of halogens is 1. The maximum atomic E-state index is 13.5. The van der Waals surface area contributed by atoms with E-state index in [-0.39, 0.29) is 11.8 Å². The number of hydrogen-bond acceptors (Lipinski definition) is 2. The molecule has 2 amide bonds. The smallest absolute Gasteiger partial charge is 0.255 e. The molecule has 5 heteroatoms. The summed E-state index contributed by atoms with van der Waals surface area (Å²) in [6, 6.07) is 15.1. The molecule has 0 radical (unpaired) electrons. The summed E-state index contributed by atoms with van der Waals surface area (Å²) in [6.45, 7) is 7.12. The van der Waals surface area contributed by atoms with Gasteiger partial charge < -0.3 is 10.2 Å². The third-order valence-electron chi connectivity index (χ3n) is 5.72. The van der Waals surface area contributed by atoms with E-state index in [1.54, 1.807) is 4.90 Å². The molecule has 0 saturated heterocycles. The minimum atomic E-state index is -0.924. The summed E-state index contributed by atoms with van der Waals surface area (Å²) >= 11 is 6.02. The van der Waals surface area contributed by atoms with Crippen LogP contribution in [0.4, 0.5) is 0 Å². The molecule has 1 aliphatic heterocycles. The molecule has 0 unspecified atom stereocenters. The number of fused-ring (bicyclic) bond motifs is 1. The van der Waals surface area contributed by atoms with E-state index in [2.05, 4.69) is 19.2 Å². The highest BCUT2D eigenvalue weighted by Gasteiger charge is 2.44. The van der Waals surface area contributed by atoms with Crippen LogP contribution in [0.25, 0.3) is 0 Å². The highest BCUT2D eigenvalue weighted by atomic mass is 35.5. The Morgan fingerprint density at radius 2 is 1.86 bits per heavy atom. The predicted molar refractivity (Wildman–Crippen MR) is 117 cm³/mol. The van der Waals surface area contributed by atoms with Gasteiger partial charge in [-0.2, -0.15) is 0 Å². The first-order chi connectivity index (χ1) is 13.8. The van der Waals surface area contributed by atoms with Crippen LogP contribution >= 0.6 is 11.6 Å². The number of benzene rings is 2. The fraction of sp³-hybridized carbons (Fsp3) is 0.417. The molecule has 29 heavy (non-hydrogen) atoms. The van der Waals surface area contributed by atoms with Gasteiger partial charge in [0.15, 0.2) is 0 Å². The summed E-state index contributed by atoms with van der Waals surface area (Å²) < 4.78 is 0. The lowest BCUT2D eigenvalue weighted by molar-refractivity contribution is -0.132. The summed E-state index contributed by atoms with van der Waals surface area (Å²) in [4.78, 5) is 28.5. The van der Waals surface area contributed by atoms with Gasteiger partial charge in [-0.05, 0) is 61.4 Å². The standard InChI is InChI=1S/C24H29ClN2O2/c1-17(2)13-15-26-23(29)24(3)14-12-19-6-4-5-7-21(19)22(28)27(24)16-18-8-10-20(25)11-9-18/h4-11,17H,12-16H2,1-3H3,(H,26,29)/t24-/m1/s1. The molecule has 4 nitrogen and oxygen atoms in total. The van der Waals surface area contributed by atoms with Crippen LogP contribution in [0.3, 0.4) is 0 Å². The van der Waals surface area contributed by atoms with E-state index in [9.17, 15) is 9.59 Å². The van der Waals surface area contributed by atoms with E-state index in [0.29, 0.717) is 42.4 Å². The Hall–Kier alpha value is -2.33. The van der Waals surface area contributed by atoms with Crippen molar-refractivity contribution in [3.05, 3.63) is 70.2 Å². The molecule has 0 spiro atoms. The van der Waals surface area contributed by atoms with Crippen LogP contribution in [0.1, 0.15) is 55.1 Å². The lowest BCUT2D eigenvalue weighted by Gasteiger charge is -2.39. The van der Waals surface area contributed by atoms with Crippen LogP contribution < -0.4 is 5.32 Å². The quantitative estimate of drug-likeness (QED) is 0.737. The molecule has 154 valence electrons. The van der Waals surface area contributed by atoms with Gasteiger partial charge in [0.1, 0.15) is 5.54 Å². The van der Waals surface area contributed by atoms with Crippen molar-refractivity contribution in [2.45, 2.75) is 52.1 Å². The lowest BCUT2D eigenvalue weighted by Crippen LogP contribution is -2.58. The normalized spacial score (nSPS) is 19.1. The van der Waals surface area contributed by atoms with E-state index in [1.807, 2.05) is 55.5 Å². The molecular formula is C24H29ClN2O2. The molecular weight excluding hydrogens is 384 g/mol. The van der Waals surface area contributed by atoms with Gasteiger partial charge in [-0.1, -0.05) is 55.8 Å². The first kappa shape index (κ1) is 21.4. The lowest BCUT2D eigenvalue weighted by atomic mass is 9.91. The molecule has 1 heterocycles. The van der Waals surface area contributed by atoms with Gasteiger partial charge in [-0.25, -0.2) is 0 Å². The minimum absolute atomic E-state index is 0.0896. The number of aryl methyl sites for hydroxylation is 1. The van der Waals surface area contributed by atoms with Crippen molar-refractivity contribution in [1.82, 2.24) is 10.2 Å². The predicted octanol–water partition coefficient (Wildman–Crippen LogP) is 4.85. The monoisotopic (exact) mass is 412 g/mol. The van der Waals surface area contributed by atoms with Crippen LogP contribution in [0.2, 0.25) is 5.02 Å². The maximum absolute atomic E-state index is 13.5.